The van der Waals surface area contributed by atoms with Crippen LogP contribution < -0.4 is 4.90 Å². The van der Waals surface area contributed by atoms with E-state index in [2.05, 4.69) is 0 Å². The molecule has 2 amide bonds. The van der Waals surface area contributed by atoms with Crippen molar-refractivity contribution in [2.45, 2.75) is 6.43 Å². The lowest BCUT2D eigenvalue weighted by Crippen LogP contribution is -2.45. The van der Waals surface area contributed by atoms with Crippen LogP contribution in [0.25, 0.3) is 0 Å². The van der Waals surface area contributed by atoms with Crippen LogP contribution in [0.3, 0.4) is 0 Å². The van der Waals surface area contributed by atoms with Gasteiger partial charge >= 0.3 is 12.0 Å². The Bertz CT molecular complexity index is 479. The summed E-state index contributed by atoms with van der Waals surface area (Å²) >= 11 is 0. The third kappa shape index (κ3) is 4.38. The fourth-order valence-electron chi connectivity index (χ4n) is 1.53. The molecule has 8 heteroatoms. The van der Waals surface area contributed by atoms with Gasteiger partial charge in [0.25, 0.3) is 6.43 Å². The van der Waals surface area contributed by atoms with Crippen LogP contribution in [0.2, 0.25) is 0 Å². The molecular formula is C12H14F2N2O4. The van der Waals surface area contributed by atoms with Crippen molar-refractivity contribution in [2.24, 2.45) is 0 Å². The van der Waals surface area contributed by atoms with Crippen molar-refractivity contribution in [3.8, 4) is 5.75 Å². The standard InChI is InChI=1S/C12H14F2N2O4/c1-15(6-10(13)14)12(20)16(7-11(18)19)8-2-4-9(17)5-3-8/h2-5,10,17H,6-7H2,1H3,(H,18,19). The van der Waals surface area contributed by atoms with E-state index in [0.717, 1.165) is 16.8 Å². The summed E-state index contributed by atoms with van der Waals surface area (Å²) in [6.45, 7) is -1.47. The lowest BCUT2D eigenvalue weighted by Gasteiger charge is -2.26. The van der Waals surface area contributed by atoms with E-state index in [1.54, 1.807) is 0 Å². The number of halogens is 2. The second-order valence-electron chi connectivity index (χ2n) is 4.05. The molecule has 1 aromatic carbocycles. The first kappa shape index (κ1) is 15.7. The van der Waals surface area contributed by atoms with Gasteiger partial charge < -0.3 is 15.1 Å². The third-order valence-electron chi connectivity index (χ3n) is 2.42. The highest BCUT2D eigenvalue weighted by atomic mass is 19.3. The van der Waals surface area contributed by atoms with Gasteiger partial charge in [-0.3, -0.25) is 9.69 Å². The molecule has 0 atom stereocenters. The number of carbonyl (C=O) groups excluding carboxylic acids is 1. The van der Waals surface area contributed by atoms with Gasteiger partial charge in [-0.25, -0.2) is 13.6 Å². The maximum absolute atomic E-state index is 12.3. The van der Waals surface area contributed by atoms with E-state index in [0.29, 0.717) is 0 Å². The molecule has 0 aliphatic carbocycles. The van der Waals surface area contributed by atoms with Gasteiger partial charge in [0.15, 0.2) is 0 Å². The number of rotatable bonds is 5. The van der Waals surface area contributed by atoms with E-state index < -0.39 is 31.5 Å². The number of aliphatic carboxylic acids is 1. The first-order chi connectivity index (χ1) is 9.31. The Morgan fingerprint density at radius 1 is 1.25 bits per heavy atom. The summed E-state index contributed by atoms with van der Waals surface area (Å²) < 4.78 is 24.5. The molecule has 2 N–H and O–H groups in total. The number of carboxylic acids is 1. The summed E-state index contributed by atoms with van der Waals surface area (Å²) in [5, 5.41) is 18.0. The van der Waals surface area contributed by atoms with Gasteiger partial charge in [0.2, 0.25) is 0 Å². The SMILES string of the molecule is CN(CC(F)F)C(=O)N(CC(=O)O)c1ccc(O)cc1. The number of nitrogens with zero attached hydrogens (tertiary/aromatic N) is 2. The molecule has 1 rings (SSSR count). The zero-order valence-corrected chi connectivity index (χ0v) is 10.7. The minimum atomic E-state index is -2.71. The molecule has 110 valence electrons. The Morgan fingerprint density at radius 3 is 2.25 bits per heavy atom. The summed E-state index contributed by atoms with van der Waals surface area (Å²) in [6, 6.07) is 4.33. The number of hydrogen-bond acceptors (Lipinski definition) is 3. The van der Waals surface area contributed by atoms with E-state index in [1.807, 2.05) is 0 Å². The number of phenolic OH excluding ortho intramolecular Hbond substituents is 1. The van der Waals surface area contributed by atoms with E-state index in [9.17, 15) is 18.4 Å². The molecule has 0 saturated heterocycles. The lowest BCUT2D eigenvalue weighted by atomic mass is 10.2. The molecule has 20 heavy (non-hydrogen) atoms. The van der Waals surface area contributed by atoms with Crippen LogP contribution in [0, 0.1) is 0 Å². The van der Waals surface area contributed by atoms with Crippen molar-refractivity contribution in [1.29, 1.82) is 0 Å². The molecule has 0 spiro atoms. The molecule has 0 radical (unpaired) electrons. The van der Waals surface area contributed by atoms with Crippen LogP contribution in [0.4, 0.5) is 19.3 Å². The van der Waals surface area contributed by atoms with Gasteiger partial charge in [-0.2, -0.15) is 0 Å². The largest absolute Gasteiger partial charge is 0.508 e. The van der Waals surface area contributed by atoms with Gasteiger partial charge in [-0.1, -0.05) is 0 Å². The molecule has 1 aromatic rings. The van der Waals surface area contributed by atoms with Crippen molar-refractivity contribution in [2.75, 3.05) is 25.0 Å². The minimum Gasteiger partial charge on any atom is -0.508 e. The summed E-state index contributed by atoms with van der Waals surface area (Å²) in [5.74, 6) is -1.34. The molecule has 0 aliphatic rings. The van der Waals surface area contributed by atoms with Crippen molar-refractivity contribution in [1.82, 2.24) is 4.90 Å². The number of phenols is 1. The van der Waals surface area contributed by atoms with Gasteiger partial charge in [0, 0.05) is 12.7 Å². The van der Waals surface area contributed by atoms with Crippen LogP contribution in [-0.4, -0.2) is 53.7 Å². The second kappa shape index (κ2) is 6.69. The van der Waals surface area contributed by atoms with Gasteiger partial charge in [-0.15, -0.1) is 0 Å². The van der Waals surface area contributed by atoms with Crippen LogP contribution in [-0.2, 0) is 4.79 Å². The van der Waals surface area contributed by atoms with E-state index >= 15 is 0 Å². The Labute approximate surface area is 113 Å². The minimum absolute atomic E-state index is 0.0580. The van der Waals surface area contributed by atoms with Crippen molar-refractivity contribution < 1.29 is 28.6 Å². The molecule has 0 heterocycles. The number of amides is 2. The van der Waals surface area contributed by atoms with Gasteiger partial charge in [-0.05, 0) is 24.3 Å². The zero-order valence-electron chi connectivity index (χ0n) is 10.7. The fraction of sp³-hybridized carbons (Fsp3) is 0.333. The van der Waals surface area contributed by atoms with Crippen LogP contribution in [0.5, 0.6) is 5.75 Å². The molecule has 0 aliphatic heterocycles. The predicted molar refractivity (Wildman–Crippen MR) is 67.1 cm³/mol. The molecule has 6 nitrogen and oxygen atoms in total. The normalized spacial score (nSPS) is 10.4. The number of anilines is 1. The average molecular weight is 288 g/mol. The van der Waals surface area contributed by atoms with Crippen LogP contribution in [0.15, 0.2) is 24.3 Å². The Hall–Kier alpha value is -2.38. The number of urea groups is 1. The first-order valence-electron chi connectivity index (χ1n) is 5.63. The average Bonchev–Trinajstić information content (AvgIpc) is 2.35. The predicted octanol–water partition coefficient (Wildman–Crippen LogP) is 1.60. The number of aromatic hydroxyl groups is 1. The third-order valence-corrected chi connectivity index (χ3v) is 2.42. The molecule has 0 saturated carbocycles. The van der Waals surface area contributed by atoms with Crippen molar-refractivity contribution in [3.63, 3.8) is 0 Å². The van der Waals surface area contributed by atoms with Gasteiger partial charge in [0.05, 0.1) is 6.54 Å². The summed E-state index contributed by atoms with van der Waals surface area (Å²) in [5.41, 5.74) is 0.191. The quantitative estimate of drug-likeness (QED) is 0.862. The molecular weight excluding hydrogens is 274 g/mol. The summed E-state index contributed by atoms with van der Waals surface area (Å²) in [7, 11) is 1.16. The first-order valence-corrected chi connectivity index (χ1v) is 5.63. The molecule has 0 unspecified atom stereocenters. The van der Waals surface area contributed by atoms with Crippen molar-refractivity contribution in [3.05, 3.63) is 24.3 Å². The summed E-state index contributed by atoms with van der Waals surface area (Å²) in [6.07, 6.45) is -2.71. The Balaban J connectivity index is 2.96. The maximum atomic E-state index is 12.3. The molecule has 0 bridgehead atoms. The highest BCUT2D eigenvalue weighted by Crippen LogP contribution is 2.19. The number of benzene rings is 1. The van der Waals surface area contributed by atoms with Gasteiger partial charge in [0.1, 0.15) is 12.3 Å². The number of carbonyl (C=O) groups is 2. The van der Waals surface area contributed by atoms with E-state index in [1.165, 1.54) is 24.3 Å². The fourth-order valence-corrected chi connectivity index (χ4v) is 1.53. The van der Waals surface area contributed by atoms with E-state index in [-0.39, 0.29) is 11.4 Å². The number of alkyl halides is 2. The Morgan fingerprint density at radius 2 is 1.80 bits per heavy atom. The Kier molecular flexibility index (Phi) is 5.24. The van der Waals surface area contributed by atoms with Crippen molar-refractivity contribution >= 4 is 17.7 Å². The number of carboxylic acid groups (broad SMARTS) is 1. The number of hydrogen-bond donors (Lipinski definition) is 2. The maximum Gasteiger partial charge on any atom is 0.324 e. The van der Waals surface area contributed by atoms with E-state index in [4.69, 9.17) is 10.2 Å². The smallest absolute Gasteiger partial charge is 0.324 e. The zero-order chi connectivity index (χ0) is 15.3. The molecule has 0 aromatic heterocycles. The van der Waals surface area contributed by atoms with Crippen LogP contribution in [0.1, 0.15) is 0 Å². The highest BCUT2D eigenvalue weighted by Gasteiger charge is 2.24. The topological polar surface area (TPSA) is 81.1 Å². The van der Waals surface area contributed by atoms with Crippen LogP contribution >= 0.6 is 0 Å². The monoisotopic (exact) mass is 288 g/mol. The second-order valence-corrected chi connectivity index (χ2v) is 4.05. The molecule has 0 fully saturated rings. The highest BCUT2D eigenvalue weighted by molar-refractivity contribution is 5.96. The lowest BCUT2D eigenvalue weighted by molar-refractivity contribution is -0.135. The summed E-state index contributed by atoms with van der Waals surface area (Å²) in [4.78, 5) is 24.4.